The Hall–Kier alpha value is -2.09. The maximum atomic E-state index is 13.6. The molecule has 0 heterocycles. The number of hydrogen-bond acceptors (Lipinski definition) is 5. The van der Waals surface area contributed by atoms with Gasteiger partial charge in [-0.1, -0.05) is 12.1 Å². The molecule has 6 nitrogen and oxygen atoms in total. The van der Waals surface area contributed by atoms with Gasteiger partial charge in [-0.25, -0.2) is 4.79 Å². The SMILES string of the molecule is CCOC(=O)C(F)(F)[C@@H](N)c1ccc([N+](=O)[O-])cc1. The first-order valence-corrected chi connectivity index (χ1v) is 5.35. The number of carbonyl (C=O) groups excluding carboxylic acids is 1. The van der Waals surface area contributed by atoms with E-state index >= 15 is 0 Å². The van der Waals surface area contributed by atoms with Crippen LogP contribution >= 0.6 is 0 Å². The fourth-order valence-electron chi connectivity index (χ4n) is 1.37. The monoisotopic (exact) mass is 274 g/mol. The zero-order valence-electron chi connectivity index (χ0n) is 10.0. The molecule has 0 aromatic heterocycles. The summed E-state index contributed by atoms with van der Waals surface area (Å²) in [6.45, 7) is 1.20. The van der Waals surface area contributed by atoms with Gasteiger partial charge in [-0.05, 0) is 12.5 Å². The summed E-state index contributed by atoms with van der Waals surface area (Å²) in [5.74, 6) is -5.62. The van der Waals surface area contributed by atoms with E-state index in [9.17, 15) is 23.7 Å². The predicted octanol–water partition coefficient (Wildman–Crippen LogP) is 1.79. The van der Waals surface area contributed by atoms with Crippen LogP contribution in [-0.4, -0.2) is 23.4 Å². The maximum absolute atomic E-state index is 13.6. The lowest BCUT2D eigenvalue weighted by molar-refractivity contribution is -0.384. The molecule has 104 valence electrons. The predicted molar refractivity (Wildman–Crippen MR) is 61.6 cm³/mol. The third kappa shape index (κ3) is 3.22. The van der Waals surface area contributed by atoms with Crippen molar-refractivity contribution in [3.63, 3.8) is 0 Å². The quantitative estimate of drug-likeness (QED) is 0.501. The Labute approximate surface area is 107 Å². The van der Waals surface area contributed by atoms with E-state index in [2.05, 4.69) is 4.74 Å². The van der Waals surface area contributed by atoms with Gasteiger partial charge in [0.1, 0.15) is 6.04 Å². The number of nitrogens with two attached hydrogens (primary N) is 1. The van der Waals surface area contributed by atoms with Crippen molar-refractivity contribution >= 4 is 11.7 Å². The van der Waals surface area contributed by atoms with Gasteiger partial charge >= 0.3 is 11.9 Å². The van der Waals surface area contributed by atoms with Crippen molar-refractivity contribution in [3.8, 4) is 0 Å². The van der Waals surface area contributed by atoms with Crippen LogP contribution < -0.4 is 5.73 Å². The molecule has 0 saturated carbocycles. The molecule has 0 fully saturated rings. The molecule has 0 aliphatic carbocycles. The molecule has 1 rings (SSSR count). The van der Waals surface area contributed by atoms with Crippen molar-refractivity contribution in [1.82, 2.24) is 0 Å². The van der Waals surface area contributed by atoms with E-state index in [1.807, 2.05) is 0 Å². The van der Waals surface area contributed by atoms with E-state index in [1.165, 1.54) is 6.92 Å². The number of halogens is 2. The normalized spacial score (nSPS) is 12.8. The Morgan fingerprint density at radius 2 is 2.00 bits per heavy atom. The fourth-order valence-corrected chi connectivity index (χ4v) is 1.37. The first kappa shape index (κ1) is 15.0. The molecule has 0 aliphatic rings. The van der Waals surface area contributed by atoms with E-state index in [0.29, 0.717) is 0 Å². The first-order valence-electron chi connectivity index (χ1n) is 5.35. The van der Waals surface area contributed by atoms with Gasteiger partial charge in [-0.3, -0.25) is 10.1 Å². The molecule has 8 heteroatoms. The topological polar surface area (TPSA) is 95.5 Å². The second-order valence-corrected chi connectivity index (χ2v) is 3.67. The summed E-state index contributed by atoms with van der Waals surface area (Å²) in [6.07, 6.45) is 0. The highest BCUT2D eigenvalue weighted by Gasteiger charge is 2.47. The molecule has 19 heavy (non-hydrogen) atoms. The molecular weight excluding hydrogens is 262 g/mol. The number of esters is 1. The summed E-state index contributed by atoms with van der Waals surface area (Å²) in [5.41, 5.74) is 4.96. The molecule has 0 aliphatic heterocycles. The van der Waals surface area contributed by atoms with Crippen LogP contribution in [0.15, 0.2) is 24.3 Å². The zero-order chi connectivity index (χ0) is 14.6. The molecule has 0 bridgehead atoms. The van der Waals surface area contributed by atoms with E-state index in [0.717, 1.165) is 24.3 Å². The van der Waals surface area contributed by atoms with Crippen LogP contribution in [0.3, 0.4) is 0 Å². The number of nitro benzene ring substituents is 1. The average Bonchev–Trinajstić information content (AvgIpc) is 2.38. The highest BCUT2D eigenvalue weighted by molar-refractivity contribution is 5.78. The summed E-state index contributed by atoms with van der Waals surface area (Å²) >= 11 is 0. The second-order valence-electron chi connectivity index (χ2n) is 3.67. The summed E-state index contributed by atoms with van der Waals surface area (Å²) in [5, 5.41) is 10.4. The van der Waals surface area contributed by atoms with E-state index in [4.69, 9.17) is 5.73 Å². The molecular formula is C11H12F2N2O4. The molecule has 2 N–H and O–H groups in total. The number of hydrogen-bond donors (Lipinski definition) is 1. The summed E-state index contributed by atoms with van der Waals surface area (Å²) in [7, 11) is 0. The van der Waals surface area contributed by atoms with Gasteiger partial charge in [0.25, 0.3) is 5.69 Å². The van der Waals surface area contributed by atoms with Crippen LogP contribution in [0, 0.1) is 10.1 Å². The number of benzene rings is 1. The Kier molecular flexibility index (Phi) is 4.49. The fraction of sp³-hybridized carbons (Fsp3) is 0.364. The Morgan fingerprint density at radius 1 is 1.47 bits per heavy atom. The Bertz CT molecular complexity index is 476. The van der Waals surface area contributed by atoms with Gasteiger partial charge in [-0.2, -0.15) is 8.78 Å². The lowest BCUT2D eigenvalue weighted by Crippen LogP contribution is -2.41. The largest absolute Gasteiger partial charge is 0.462 e. The third-order valence-electron chi connectivity index (χ3n) is 2.40. The molecule has 0 saturated heterocycles. The van der Waals surface area contributed by atoms with Crippen molar-refractivity contribution in [1.29, 1.82) is 0 Å². The number of alkyl halides is 2. The lowest BCUT2D eigenvalue weighted by atomic mass is 10.0. The summed E-state index contributed by atoms with van der Waals surface area (Å²) < 4.78 is 31.5. The Morgan fingerprint density at radius 3 is 2.42 bits per heavy atom. The minimum absolute atomic E-state index is 0.0938. The van der Waals surface area contributed by atoms with Crippen molar-refractivity contribution in [2.75, 3.05) is 6.61 Å². The van der Waals surface area contributed by atoms with Crippen molar-refractivity contribution in [2.24, 2.45) is 5.73 Å². The minimum Gasteiger partial charge on any atom is -0.462 e. The van der Waals surface area contributed by atoms with Gasteiger partial charge in [0, 0.05) is 12.1 Å². The van der Waals surface area contributed by atoms with Crippen LogP contribution in [0.5, 0.6) is 0 Å². The van der Waals surface area contributed by atoms with E-state index in [1.54, 1.807) is 0 Å². The number of rotatable bonds is 5. The molecule has 0 unspecified atom stereocenters. The van der Waals surface area contributed by atoms with Crippen molar-refractivity contribution < 1.29 is 23.2 Å². The van der Waals surface area contributed by atoms with Crippen LogP contribution in [0.2, 0.25) is 0 Å². The van der Waals surface area contributed by atoms with Crippen LogP contribution in [0.1, 0.15) is 18.5 Å². The molecule has 0 amide bonds. The van der Waals surface area contributed by atoms with Gasteiger partial charge in [0.2, 0.25) is 0 Å². The smallest absolute Gasteiger partial charge is 0.379 e. The average molecular weight is 274 g/mol. The number of nitrogens with zero attached hydrogens (tertiary/aromatic N) is 1. The second kappa shape index (κ2) is 5.70. The van der Waals surface area contributed by atoms with Crippen LogP contribution in [0.4, 0.5) is 14.5 Å². The van der Waals surface area contributed by atoms with Gasteiger partial charge < -0.3 is 10.5 Å². The highest BCUT2D eigenvalue weighted by Crippen LogP contribution is 2.31. The number of nitro groups is 1. The molecule has 1 aromatic carbocycles. The van der Waals surface area contributed by atoms with Gasteiger partial charge in [-0.15, -0.1) is 0 Å². The summed E-state index contributed by atoms with van der Waals surface area (Å²) in [6, 6.07) is 2.31. The van der Waals surface area contributed by atoms with Crippen molar-refractivity contribution in [2.45, 2.75) is 18.9 Å². The number of ether oxygens (including phenoxy) is 1. The Balaban J connectivity index is 2.95. The van der Waals surface area contributed by atoms with Crippen molar-refractivity contribution in [3.05, 3.63) is 39.9 Å². The highest BCUT2D eigenvalue weighted by atomic mass is 19.3. The lowest BCUT2D eigenvalue weighted by Gasteiger charge is -2.21. The number of non-ortho nitro benzene ring substituents is 1. The van der Waals surface area contributed by atoms with E-state index < -0.39 is 22.9 Å². The molecule has 1 atom stereocenters. The zero-order valence-corrected chi connectivity index (χ0v) is 10.0. The molecule has 0 spiro atoms. The maximum Gasteiger partial charge on any atom is 0.379 e. The van der Waals surface area contributed by atoms with Gasteiger partial charge in [0.05, 0.1) is 11.5 Å². The molecule has 0 radical (unpaired) electrons. The summed E-state index contributed by atoms with van der Waals surface area (Å²) in [4.78, 5) is 20.9. The van der Waals surface area contributed by atoms with Crippen LogP contribution in [0.25, 0.3) is 0 Å². The third-order valence-corrected chi connectivity index (χ3v) is 2.40. The van der Waals surface area contributed by atoms with Gasteiger partial charge in [0.15, 0.2) is 0 Å². The van der Waals surface area contributed by atoms with E-state index in [-0.39, 0.29) is 17.9 Å². The first-order chi connectivity index (χ1) is 8.80. The standard InChI is InChI=1S/C11H12F2N2O4/c1-2-19-10(16)11(12,13)9(14)7-3-5-8(6-4-7)15(17)18/h3-6,9H,2,14H2,1H3/t9-/m0/s1. The number of carbonyl (C=O) groups is 1. The van der Waals surface area contributed by atoms with Crippen LogP contribution in [-0.2, 0) is 9.53 Å². The minimum atomic E-state index is -3.90. The molecule has 1 aromatic rings.